The number of hydrogen-bond acceptors (Lipinski definition) is 3. The molecule has 0 spiro atoms. The smallest absolute Gasteiger partial charge is 0.148 e. The molecule has 138 valence electrons. The average molecular weight is 494 g/mol. The number of aliphatic hydroxyl groups is 1. The minimum atomic E-state index is 0. The fourth-order valence-corrected chi connectivity index (χ4v) is 3.86. The minimum absolute atomic E-state index is 0. The molecule has 0 fully saturated rings. The number of ether oxygens (including phenoxy) is 1. The number of halogens is 3. The lowest BCUT2D eigenvalue weighted by atomic mass is 10.2. The van der Waals surface area contributed by atoms with Crippen LogP contribution in [-0.2, 0) is 13.2 Å². The number of hydrogen-bond donors (Lipinski definition) is 2. The van der Waals surface area contributed by atoms with Crippen LogP contribution in [0.3, 0.4) is 0 Å². The maximum absolute atomic E-state index is 8.76. The first kappa shape index (κ1) is 22.5. The van der Waals surface area contributed by atoms with Crippen molar-refractivity contribution in [1.29, 1.82) is 0 Å². The Bertz CT molecular complexity index is 603. The van der Waals surface area contributed by atoms with Gasteiger partial charge in [0.05, 0.1) is 8.95 Å². The van der Waals surface area contributed by atoms with E-state index in [-0.39, 0.29) is 19.0 Å². The summed E-state index contributed by atoms with van der Waals surface area (Å²) in [5.74, 6) is 0.825. The lowest BCUT2D eigenvalue weighted by Crippen LogP contribution is -2.14. The Kier molecular flexibility index (Phi) is 11.4. The predicted molar refractivity (Wildman–Crippen MR) is 113 cm³/mol. The Morgan fingerprint density at radius 3 is 2.24 bits per heavy atom. The van der Waals surface area contributed by atoms with Gasteiger partial charge in [0.15, 0.2) is 0 Å². The van der Waals surface area contributed by atoms with Crippen LogP contribution in [0.15, 0.2) is 51.4 Å². The van der Waals surface area contributed by atoms with Crippen LogP contribution in [-0.4, -0.2) is 18.3 Å². The van der Waals surface area contributed by atoms with Gasteiger partial charge in [0.1, 0.15) is 12.4 Å². The topological polar surface area (TPSA) is 41.5 Å². The van der Waals surface area contributed by atoms with E-state index in [1.54, 1.807) is 0 Å². The molecule has 0 atom stereocenters. The van der Waals surface area contributed by atoms with Gasteiger partial charge < -0.3 is 15.2 Å². The third-order valence-corrected chi connectivity index (χ3v) is 4.80. The SMILES string of the molecule is Cl.OCCCCCNCc1cc(Br)c(OCc2ccccc2)c(Br)c1. The molecule has 2 N–H and O–H groups in total. The molecule has 2 aromatic carbocycles. The Balaban J connectivity index is 0.00000312. The second-order valence-corrected chi connectivity index (χ2v) is 7.33. The highest BCUT2D eigenvalue weighted by Crippen LogP contribution is 2.35. The van der Waals surface area contributed by atoms with Gasteiger partial charge in [0.2, 0.25) is 0 Å². The molecule has 2 aromatic rings. The summed E-state index contributed by atoms with van der Waals surface area (Å²) in [7, 11) is 0. The van der Waals surface area contributed by atoms with Crippen molar-refractivity contribution in [2.24, 2.45) is 0 Å². The van der Waals surface area contributed by atoms with Crippen molar-refractivity contribution in [2.75, 3.05) is 13.2 Å². The number of unbranched alkanes of at least 4 members (excludes halogenated alkanes) is 2. The second kappa shape index (κ2) is 12.7. The van der Waals surface area contributed by atoms with Gasteiger partial charge >= 0.3 is 0 Å². The lowest BCUT2D eigenvalue weighted by molar-refractivity contribution is 0.283. The maximum atomic E-state index is 8.76. The fourth-order valence-electron chi connectivity index (χ4n) is 2.35. The zero-order valence-electron chi connectivity index (χ0n) is 14.0. The second-order valence-electron chi connectivity index (χ2n) is 5.62. The largest absolute Gasteiger partial charge is 0.487 e. The van der Waals surface area contributed by atoms with Crippen molar-refractivity contribution < 1.29 is 9.84 Å². The quantitative estimate of drug-likeness (QED) is 0.432. The van der Waals surface area contributed by atoms with Gasteiger partial charge in [-0.3, -0.25) is 0 Å². The van der Waals surface area contributed by atoms with Crippen molar-refractivity contribution in [3.8, 4) is 5.75 Å². The van der Waals surface area contributed by atoms with Crippen molar-refractivity contribution in [3.63, 3.8) is 0 Å². The van der Waals surface area contributed by atoms with Crippen LogP contribution < -0.4 is 10.1 Å². The van der Waals surface area contributed by atoms with Gasteiger partial charge in [-0.15, -0.1) is 12.4 Å². The molecule has 0 saturated carbocycles. The van der Waals surface area contributed by atoms with E-state index >= 15 is 0 Å². The van der Waals surface area contributed by atoms with E-state index in [2.05, 4.69) is 61.4 Å². The molecule has 2 rings (SSSR count). The molecule has 0 bridgehead atoms. The number of aliphatic hydroxyl groups excluding tert-OH is 1. The fraction of sp³-hybridized carbons (Fsp3) is 0.368. The normalized spacial score (nSPS) is 10.4. The van der Waals surface area contributed by atoms with Crippen molar-refractivity contribution in [3.05, 3.63) is 62.5 Å². The van der Waals surface area contributed by atoms with E-state index in [0.717, 1.165) is 52.6 Å². The third kappa shape index (κ3) is 8.09. The first-order valence-corrected chi connectivity index (χ1v) is 9.75. The van der Waals surface area contributed by atoms with Crippen molar-refractivity contribution >= 4 is 44.3 Å². The zero-order chi connectivity index (χ0) is 17.2. The van der Waals surface area contributed by atoms with Gasteiger partial charge in [-0.2, -0.15) is 0 Å². The highest BCUT2D eigenvalue weighted by molar-refractivity contribution is 9.11. The van der Waals surface area contributed by atoms with Gasteiger partial charge in [-0.05, 0) is 80.9 Å². The van der Waals surface area contributed by atoms with Crippen LogP contribution in [0.4, 0.5) is 0 Å². The molecule has 0 saturated heterocycles. The number of nitrogens with one attached hydrogen (secondary N) is 1. The van der Waals surface area contributed by atoms with Crippen LogP contribution in [0, 0.1) is 0 Å². The maximum Gasteiger partial charge on any atom is 0.148 e. The molecule has 6 heteroatoms. The van der Waals surface area contributed by atoms with E-state index in [9.17, 15) is 0 Å². The first-order valence-electron chi connectivity index (χ1n) is 8.17. The third-order valence-electron chi connectivity index (χ3n) is 3.62. The zero-order valence-corrected chi connectivity index (χ0v) is 18.0. The molecular weight excluding hydrogens is 469 g/mol. The Morgan fingerprint density at radius 1 is 0.920 bits per heavy atom. The lowest BCUT2D eigenvalue weighted by Gasteiger charge is -2.13. The molecule has 0 radical (unpaired) electrons. The van der Waals surface area contributed by atoms with Crippen LogP contribution in [0.1, 0.15) is 30.4 Å². The van der Waals surface area contributed by atoms with E-state index in [0.29, 0.717) is 6.61 Å². The minimum Gasteiger partial charge on any atom is -0.487 e. The average Bonchev–Trinajstić information content (AvgIpc) is 2.58. The summed E-state index contributed by atoms with van der Waals surface area (Å²) in [6, 6.07) is 14.3. The highest BCUT2D eigenvalue weighted by Gasteiger charge is 2.09. The molecule has 0 aliphatic heterocycles. The molecular formula is C19H24Br2ClNO2. The molecule has 0 aliphatic carbocycles. The summed E-state index contributed by atoms with van der Waals surface area (Å²) < 4.78 is 7.84. The van der Waals surface area contributed by atoms with E-state index in [1.165, 1.54) is 5.56 Å². The van der Waals surface area contributed by atoms with Crippen LogP contribution >= 0.6 is 44.3 Å². The van der Waals surface area contributed by atoms with Crippen LogP contribution in [0.25, 0.3) is 0 Å². The molecule has 0 aliphatic rings. The van der Waals surface area contributed by atoms with Gasteiger partial charge in [-0.1, -0.05) is 30.3 Å². The van der Waals surface area contributed by atoms with E-state index in [1.807, 2.05) is 18.2 Å². The first-order chi connectivity index (χ1) is 11.7. The molecule has 3 nitrogen and oxygen atoms in total. The van der Waals surface area contributed by atoms with Crippen LogP contribution in [0.2, 0.25) is 0 Å². The molecule has 0 heterocycles. The summed E-state index contributed by atoms with van der Waals surface area (Å²) >= 11 is 7.21. The standard InChI is InChI=1S/C19H23Br2NO2.ClH/c20-17-11-16(13-22-9-5-2-6-10-23)12-18(21)19(17)24-14-15-7-3-1-4-8-15;/h1,3-4,7-8,11-12,22-23H,2,5-6,9-10,13-14H2;1H. The number of benzene rings is 2. The van der Waals surface area contributed by atoms with Crippen LogP contribution in [0.5, 0.6) is 5.75 Å². The van der Waals surface area contributed by atoms with Gasteiger partial charge in [0, 0.05) is 13.2 Å². The summed E-state index contributed by atoms with van der Waals surface area (Å²) in [6.07, 6.45) is 3.02. The summed E-state index contributed by atoms with van der Waals surface area (Å²) in [4.78, 5) is 0. The Hall–Kier alpha value is -0.590. The summed E-state index contributed by atoms with van der Waals surface area (Å²) in [5.41, 5.74) is 2.34. The number of rotatable bonds is 10. The van der Waals surface area contributed by atoms with Gasteiger partial charge in [-0.25, -0.2) is 0 Å². The summed E-state index contributed by atoms with van der Waals surface area (Å²) in [5, 5.41) is 12.2. The Labute approximate surface area is 172 Å². The summed E-state index contributed by atoms with van der Waals surface area (Å²) in [6.45, 7) is 2.60. The van der Waals surface area contributed by atoms with Crippen molar-refractivity contribution in [1.82, 2.24) is 5.32 Å². The highest BCUT2D eigenvalue weighted by atomic mass is 79.9. The predicted octanol–water partition coefficient (Wildman–Crippen LogP) is 5.46. The molecule has 0 amide bonds. The van der Waals surface area contributed by atoms with E-state index < -0.39 is 0 Å². The monoisotopic (exact) mass is 491 g/mol. The van der Waals surface area contributed by atoms with Gasteiger partial charge in [0.25, 0.3) is 0 Å². The Morgan fingerprint density at radius 2 is 1.60 bits per heavy atom. The molecule has 0 aromatic heterocycles. The van der Waals surface area contributed by atoms with Crippen molar-refractivity contribution in [2.45, 2.75) is 32.4 Å². The molecule has 0 unspecified atom stereocenters. The molecule has 25 heavy (non-hydrogen) atoms. The van der Waals surface area contributed by atoms with E-state index in [4.69, 9.17) is 9.84 Å².